The zero-order valence-corrected chi connectivity index (χ0v) is 13.6. The van der Waals surface area contributed by atoms with E-state index in [1.165, 1.54) is 6.42 Å². The van der Waals surface area contributed by atoms with Crippen molar-refractivity contribution in [2.75, 3.05) is 26.7 Å². The number of carbonyl (C=O) groups excluding carboxylic acids is 1. The van der Waals surface area contributed by atoms with Crippen molar-refractivity contribution >= 4 is 5.97 Å². The molecule has 4 nitrogen and oxygen atoms in total. The SMILES string of the molecule is CCCCN(CC(C)(NC)C(=O)OCC)C(C)CC. The van der Waals surface area contributed by atoms with E-state index in [4.69, 9.17) is 4.74 Å². The lowest BCUT2D eigenvalue weighted by molar-refractivity contribution is -0.151. The van der Waals surface area contributed by atoms with E-state index in [9.17, 15) is 4.79 Å². The number of rotatable bonds is 10. The zero-order valence-electron chi connectivity index (χ0n) is 13.6. The van der Waals surface area contributed by atoms with Crippen molar-refractivity contribution in [1.82, 2.24) is 10.2 Å². The maximum absolute atomic E-state index is 12.1. The Hall–Kier alpha value is -0.610. The minimum Gasteiger partial charge on any atom is -0.465 e. The summed E-state index contributed by atoms with van der Waals surface area (Å²) in [4.78, 5) is 14.5. The van der Waals surface area contributed by atoms with E-state index in [1.54, 1.807) is 0 Å². The first kappa shape index (κ1) is 18.4. The molecule has 0 heterocycles. The van der Waals surface area contributed by atoms with Crippen molar-refractivity contribution in [3.63, 3.8) is 0 Å². The van der Waals surface area contributed by atoms with Crippen molar-refractivity contribution < 1.29 is 9.53 Å². The fraction of sp³-hybridized carbons (Fsp3) is 0.933. The van der Waals surface area contributed by atoms with Crippen LogP contribution in [-0.2, 0) is 9.53 Å². The van der Waals surface area contributed by atoms with Gasteiger partial charge in [0.25, 0.3) is 0 Å². The second-order valence-corrected chi connectivity index (χ2v) is 5.38. The van der Waals surface area contributed by atoms with E-state index in [2.05, 4.69) is 31.0 Å². The van der Waals surface area contributed by atoms with Crippen LogP contribution in [0.1, 0.15) is 53.9 Å². The summed E-state index contributed by atoms with van der Waals surface area (Å²) in [6, 6.07) is 0.480. The Labute approximate surface area is 118 Å². The second kappa shape index (κ2) is 9.32. The van der Waals surface area contributed by atoms with Crippen molar-refractivity contribution in [3.05, 3.63) is 0 Å². The molecule has 0 aliphatic rings. The van der Waals surface area contributed by atoms with Crippen molar-refractivity contribution in [2.45, 2.75) is 65.5 Å². The van der Waals surface area contributed by atoms with Crippen LogP contribution in [0.15, 0.2) is 0 Å². The standard InChI is InChI=1S/C15H32N2O2/c1-7-10-11-17(13(4)8-2)12-15(5,16-6)14(18)19-9-3/h13,16H,7-12H2,1-6H3. The van der Waals surface area contributed by atoms with E-state index in [0.29, 0.717) is 19.2 Å². The number of esters is 1. The van der Waals surface area contributed by atoms with Gasteiger partial charge in [-0.3, -0.25) is 9.69 Å². The van der Waals surface area contributed by atoms with Crippen molar-refractivity contribution in [1.29, 1.82) is 0 Å². The van der Waals surface area contributed by atoms with Gasteiger partial charge < -0.3 is 10.1 Å². The van der Waals surface area contributed by atoms with Gasteiger partial charge in [0.2, 0.25) is 0 Å². The van der Waals surface area contributed by atoms with E-state index >= 15 is 0 Å². The molecule has 0 fully saturated rings. The molecule has 0 aromatic rings. The third-order valence-corrected chi connectivity index (χ3v) is 3.81. The van der Waals surface area contributed by atoms with Gasteiger partial charge in [-0.2, -0.15) is 0 Å². The minimum absolute atomic E-state index is 0.165. The number of ether oxygens (including phenoxy) is 1. The Bertz CT molecular complexity index is 259. The molecule has 0 spiro atoms. The predicted molar refractivity (Wildman–Crippen MR) is 80.3 cm³/mol. The molecule has 4 heteroatoms. The monoisotopic (exact) mass is 272 g/mol. The number of likely N-dealkylation sites (N-methyl/N-ethyl adjacent to an activating group) is 1. The van der Waals surface area contributed by atoms with Gasteiger partial charge in [0.15, 0.2) is 0 Å². The van der Waals surface area contributed by atoms with Crippen LogP contribution < -0.4 is 5.32 Å². The number of nitrogens with zero attached hydrogens (tertiary/aromatic N) is 1. The van der Waals surface area contributed by atoms with E-state index in [1.807, 2.05) is 20.9 Å². The maximum Gasteiger partial charge on any atom is 0.327 e. The highest BCUT2D eigenvalue weighted by Crippen LogP contribution is 2.14. The summed E-state index contributed by atoms with van der Waals surface area (Å²) in [6.45, 7) is 12.5. The summed E-state index contributed by atoms with van der Waals surface area (Å²) in [5, 5.41) is 3.13. The smallest absolute Gasteiger partial charge is 0.327 e. The Balaban J connectivity index is 4.79. The molecular formula is C15H32N2O2. The summed E-state index contributed by atoms with van der Waals surface area (Å²) in [5.41, 5.74) is -0.632. The first-order valence-corrected chi connectivity index (χ1v) is 7.55. The number of nitrogens with one attached hydrogen (secondary N) is 1. The Morgan fingerprint density at radius 1 is 1.37 bits per heavy atom. The quantitative estimate of drug-likeness (QED) is 0.620. The molecular weight excluding hydrogens is 240 g/mol. The molecule has 0 bridgehead atoms. The number of hydrogen-bond donors (Lipinski definition) is 1. The van der Waals surface area contributed by atoms with Crippen LogP contribution in [0.4, 0.5) is 0 Å². The van der Waals surface area contributed by atoms with Crippen LogP contribution in [0.2, 0.25) is 0 Å². The van der Waals surface area contributed by atoms with Crippen molar-refractivity contribution in [2.24, 2.45) is 0 Å². The molecule has 0 amide bonds. The van der Waals surface area contributed by atoms with E-state index in [0.717, 1.165) is 19.4 Å². The fourth-order valence-electron chi connectivity index (χ4n) is 2.02. The van der Waals surface area contributed by atoms with Crippen LogP contribution >= 0.6 is 0 Å². The first-order chi connectivity index (χ1) is 8.95. The van der Waals surface area contributed by atoms with E-state index < -0.39 is 5.54 Å². The van der Waals surface area contributed by atoms with Crippen LogP contribution in [-0.4, -0.2) is 49.2 Å². The Morgan fingerprint density at radius 3 is 2.42 bits per heavy atom. The normalized spacial score (nSPS) is 16.2. The number of unbranched alkanes of at least 4 members (excludes halogenated alkanes) is 1. The lowest BCUT2D eigenvalue weighted by Gasteiger charge is -2.36. The average molecular weight is 272 g/mol. The summed E-state index contributed by atoms with van der Waals surface area (Å²) in [7, 11) is 1.82. The summed E-state index contributed by atoms with van der Waals surface area (Å²) >= 11 is 0. The van der Waals surface area contributed by atoms with Gasteiger partial charge in [0.05, 0.1) is 6.61 Å². The highest BCUT2D eigenvalue weighted by Gasteiger charge is 2.35. The number of carbonyl (C=O) groups is 1. The van der Waals surface area contributed by atoms with Crippen LogP contribution in [0.3, 0.4) is 0 Å². The van der Waals surface area contributed by atoms with E-state index in [-0.39, 0.29) is 5.97 Å². The van der Waals surface area contributed by atoms with Crippen LogP contribution in [0, 0.1) is 0 Å². The Morgan fingerprint density at radius 2 is 2.00 bits per heavy atom. The number of hydrogen-bond acceptors (Lipinski definition) is 4. The van der Waals surface area contributed by atoms with Gasteiger partial charge in [0.1, 0.15) is 5.54 Å². The molecule has 0 rings (SSSR count). The molecule has 0 aliphatic carbocycles. The molecule has 0 saturated heterocycles. The molecule has 0 aromatic carbocycles. The summed E-state index contributed by atoms with van der Waals surface area (Å²) in [5.74, 6) is -0.165. The van der Waals surface area contributed by atoms with Gasteiger partial charge in [0, 0.05) is 12.6 Å². The largest absolute Gasteiger partial charge is 0.465 e. The lowest BCUT2D eigenvalue weighted by Crippen LogP contribution is -2.57. The molecule has 114 valence electrons. The average Bonchev–Trinajstić information content (AvgIpc) is 2.42. The summed E-state index contributed by atoms with van der Waals surface area (Å²) < 4.78 is 5.19. The molecule has 0 saturated carbocycles. The fourth-order valence-corrected chi connectivity index (χ4v) is 2.02. The second-order valence-electron chi connectivity index (χ2n) is 5.38. The minimum atomic E-state index is -0.632. The Kier molecular flexibility index (Phi) is 9.02. The molecule has 0 aromatic heterocycles. The van der Waals surface area contributed by atoms with Crippen LogP contribution in [0.25, 0.3) is 0 Å². The van der Waals surface area contributed by atoms with Gasteiger partial charge in [-0.25, -0.2) is 0 Å². The molecule has 19 heavy (non-hydrogen) atoms. The third kappa shape index (κ3) is 5.91. The predicted octanol–water partition coefficient (Wildman–Crippen LogP) is 2.43. The van der Waals surface area contributed by atoms with Gasteiger partial charge >= 0.3 is 5.97 Å². The molecule has 2 unspecified atom stereocenters. The highest BCUT2D eigenvalue weighted by atomic mass is 16.5. The molecule has 0 radical (unpaired) electrons. The lowest BCUT2D eigenvalue weighted by atomic mass is 10.0. The van der Waals surface area contributed by atoms with Gasteiger partial charge in [-0.1, -0.05) is 20.3 Å². The zero-order chi connectivity index (χ0) is 14.9. The molecule has 0 aliphatic heterocycles. The summed E-state index contributed by atoms with van der Waals surface area (Å²) in [6.07, 6.45) is 3.42. The molecule has 1 N–H and O–H groups in total. The maximum atomic E-state index is 12.1. The highest BCUT2D eigenvalue weighted by molar-refractivity contribution is 5.80. The van der Waals surface area contributed by atoms with Crippen molar-refractivity contribution in [3.8, 4) is 0 Å². The topological polar surface area (TPSA) is 41.6 Å². The van der Waals surface area contributed by atoms with Crippen LogP contribution in [0.5, 0.6) is 0 Å². The van der Waals surface area contributed by atoms with Gasteiger partial charge in [-0.15, -0.1) is 0 Å². The molecule has 2 atom stereocenters. The third-order valence-electron chi connectivity index (χ3n) is 3.81. The first-order valence-electron chi connectivity index (χ1n) is 7.55. The van der Waals surface area contributed by atoms with Gasteiger partial charge in [-0.05, 0) is 47.2 Å².